The minimum absolute atomic E-state index is 0.00538. The quantitative estimate of drug-likeness (QED) is 0.422. The van der Waals surface area contributed by atoms with E-state index in [1.165, 1.54) is 0 Å². The normalized spacial score (nSPS) is 13.8. The molecule has 2 aliphatic rings. The molecule has 1 aromatic heterocycles. The Hall–Kier alpha value is -4.26. The Labute approximate surface area is 183 Å². The second-order valence-electron chi connectivity index (χ2n) is 7.47. The summed E-state index contributed by atoms with van der Waals surface area (Å²) in [5.41, 5.74) is 2.86. The maximum Gasteiger partial charge on any atom is 0.318 e. The molecule has 7 nitrogen and oxygen atoms in total. The summed E-state index contributed by atoms with van der Waals surface area (Å²) in [6.45, 7) is 0.198. The number of ether oxygens (including phenoxy) is 4. The molecule has 0 amide bonds. The number of carbonyl (C=O) groups is 1. The first-order chi connectivity index (χ1) is 15.8. The molecule has 0 N–H and O–H groups in total. The van der Waals surface area contributed by atoms with Crippen molar-refractivity contribution < 1.29 is 28.3 Å². The summed E-state index contributed by atoms with van der Waals surface area (Å²) in [6, 6.07) is 22.2. The van der Waals surface area contributed by atoms with E-state index in [1.807, 2.05) is 66.7 Å². The van der Waals surface area contributed by atoms with E-state index in [4.69, 9.17) is 23.5 Å². The third-order valence-corrected chi connectivity index (χ3v) is 5.49. The molecule has 7 heteroatoms. The van der Waals surface area contributed by atoms with Gasteiger partial charge in [-0.25, -0.2) is 0 Å². The van der Waals surface area contributed by atoms with Crippen molar-refractivity contribution in [1.29, 1.82) is 0 Å². The van der Waals surface area contributed by atoms with Crippen LogP contribution < -0.4 is 14.2 Å². The van der Waals surface area contributed by atoms with Crippen LogP contribution in [0.5, 0.6) is 23.0 Å². The number of fused-ring (bicyclic) bond motifs is 3. The number of nitrogens with zero attached hydrogens (tertiary/aromatic N) is 1. The zero-order chi connectivity index (χ0) is 21.5. The van der Waals surface area contributed by atoms with Gasteiger partial charge in [0.1, 0.15) is 29.7 Å². The molecule has 0 aliphatic carbocycles. The predicted molar refractivity (Wildman–Crippen MR) is 113 cm³/mol. The average Bonchev–Trinajstić information content (AvgIpc) is 3.50. The number of carbonyl (C=O) groups excluding carboxylic acids is 1. The van der Waals surface area contributed by atoms with Gasteiger partial charge in [0.05, 0.1) is 0 Å². The fraction of sp³-hybridized carbons (Fsp3) is 0.120. The summed E-state index contributed by atoms with van der Waals surface area (Å²) in [7, 11) is 0. The highest BCUT2D eigenvalue weighted by molar-refractivity contribution is 5.85. The van der Waals surface area contributed by atoms with Crippen LogP contribution in [0.25, 0.3) is 11.3 Å². The summed E-state index contributed by atoms with van der Waals surface area (Å²) in [4.78, 5) is 13.1. The summed E-state index contributed by atoms with van der Waals surface area (Å²) < 4.78 is 27.8. The molecular formula is C25H17NO6. The Morgan fingerprint density at radius 1 is 0.875 bits per heavy atom. The summed E-state index contributed by atoms with van der Waals surface area (Å²) >= 11 is 0. The number of benzene rings is 3. The van der Waals surface area contributed by atoms with E-state index in [-0.39, 0.29) is 19.4 Å². The Morgan fingerprint density at radius 3 is 2.38 bits per heavy atom. The fourth-order valence-electron chi connectivity index (χ4n) is 3.96. The molecule has 0 fully saturated rings. The van der Waals surface area contributed by atoms with E-state index in [9.17, 15) is 4.79 Å². The standard InChI is InChI=1S/C25H17NO6/c27-25(24-17-5-1-3-7-19(17)31-20-8-4-2-6-18(20)24)28-13-16-12-22(32-26-16)15-9-10-21-23(11-15)30-14-29-21/h1-12,24H,13-14H2. The van der Waals surface area contributed by atoms with Gasteiger partial charge in [-0.2, -0.15) is 0 Å². The van der Waals surface area contributed by atoms with Crippen LogP contribution in [0.3, 0.4) is 0 Å². The number of aromatic nitrogens is 1. The van der Waals surface area contributed by atoms with Crippen LogP contribution in [0.4, 0.5) is 0 Å². The molecule has 0 radical (unpaired) electrons. The highest BCUT2D eigenvalue weighted by atomic mass is 16.7. The van der Waals surface area contributed by atoms with Gasteiger partial charge in [-0.15, -0.1) is 0 Å². The molecule has 3 heterocycles. The molecular weight excluding hydrogens is 410 g/mol. The van der Waals surface area contributed by atoms with Crippen molar-refractivity contribution in [3.8, 4) is 34.3 Å². The molecule has 0 spiro atoms. The van der Waals surface area contributed by atoms with Gasteiger partial charge in [0.2, 0.25) is 6.79 Å². The highest BCUT2D eigenvalue weighted by Crippen LogP contribution is 2.44. The Morgan fingerprint density at radius 2 is 1.59 bits per heavy atom. The molecule has 32 heavy (non-hydrogen) atoms. The van der Waals surface area contributed by atoms with E-state index in [0.29, 0.717) is 34.5 Å². The van der Waals surface area contributed by atoms with Gasteiger partial charge < -0.3 is 23.5 Å². The monoisotopic (exact) mass is 427 g/mol. The van der Waals surface area contributed by atoms with Crippen molar-refractivity contribution in [2.75, 3.05) is 6.79 Å². The smallest absolute Gasteiger partial charge is 0.318 e. The van der Waals surface area contributed by atoms with Crippen molar-refractivity contribution in [3.63, 3.8) is 0 Å². The van der Waals surface area contributed by atoms with Crippen LogP contribution >= 0.6 is 0 Å². The lowest BCUT2D eigenvalue weighted by molar-refractivity contribution is -0.146. The van der Waals surface area contributed by atoms with E-state index >= 15 is 0 Å². The van der Waals surface area contributed by atoms with Crippen LogP contribution in [-0.4, -0.2) is 17.9 Å². The van der Waals surface area contributed by atoms with E-state index in [0.717, 1.165) is 16.7 Å². The first-order valence-corrected chi connectivity index (χ1v) is 10.1. The second-order valence-corrected chi connectivity index (χ2v) is 7.47. The van der Waals surface area contributed by atoms with Gasteiger partial charge >= 0.3 is 5.97 Å². The fourth-order valence-corrected chi connectivity index (χ4v) is 3.96. The third kappa shape index (κ3) is 3.15. The number of hydrogen-bond donors (Lipinski definition) is 0. The van der Waals surface area contributed by atoms with Gasteiger partial charge in [0.25, 0.3) is 0 Å². The van der Waals surface area contributed by atoms with Crippen LogP contribution in [0.1, 0.15) is 22.7 Å². The molecule has 0 atom stereocenters. The van der Waals surface area contributed by atoms with E-state index in [1.54, 1.807) is 6.07 Å². The molecule has 2 aliphatic heterocycles. The molecule has 6 rings (SSSR count). The molecule has 0 unspecified atom stereocenters. The zero-order valence-electron chi connectivity index (χ0n) is 16.8. The maximum atomic E-state index is 13.1. The van der Waals surface area contributed by atoms with Crippen LogP contribution in [-0.2, 0) is 16.1 Å². The highest BCUT2D eigenvalue weighted by Gasteiger charge is 2.33. The minimum Gasteiger partial charge on any atom is -0.458 e. The first-order valence-electron chi connectivity index (χ1n) is 10.1. The Bertz CT molecular complexity index is 1280. The van der Waals surface area contributed by atoms with Crippen molar-refractivity contribution in [2.24, 2.45) is 0 Å². The lowest BCUT2D eigenvalue weighted by Gasteiger charge is -2.26. The number of para-hydroxylation sites is 2. The van der Waals surface area contributed by atoms with Crippen molar-refractivity contribution in [3.05, 3.63) is 89.6 Å². The molecule has 0 saturated heterocycles. The van der Waals surface area contributed by atoms with Gasteiger partial charge in [-0.3, -0.25) is 4.79 Å². The Kier molecular flexibility index (Phi) is 4.31. The van der Waals surface area contributed by atoms with E-state index in [2.05, 4.69) is 5.16 Å². The summed E-state index contributed by atoms with van der Waals surface area (Å²) in [6.07, 6.45) is 0. The number of hydrogen-bond acceptors (Lipinski definition) is 7. The SMILES string of the molecule is O=C(OCc1cc(-c2ccc3c(c2)OCO3)on1)C1c2ccccc2Oc2ccccc21. The predicted octanol–water partition coefficient (Wildman–Crippen LogP) is 5.05. The molecule has 0 bridgehead atoms. The zero-order valence-corrected chi connectivity index (χ0v) is 16.8. The number of esters is 1. The lowest BCUT2D eigenvalue weighted by Crippen LogP contribution is -2.21. The van der Waals surface area contributed by atoms with E-state index < -0.39 is 5.92 Å². The van der Waals surface area contributed by atoms with Gasteiger partial charge in [0.15, 0.2) is 17.3 Å². The topological polar surface area (TPSA) is 80.0 Å². The summed E-state index contributed by atoms with van der Waals surface area (Å²) in [5, 5.41) is 4.04. The first kappa shape index (κ1) is 18.5. The van der Waals surface area contributed by atoms with Crippen LogP contribution in [0.2, 0.25) is 0 Å². The van der Waals surface area contributed by atoms with Crippen LogP contribution in [0.15, 0.2) is 77.3 Å². The summed E-state index contributed by atoms with van der Waals surface area (Å²) in [5.74, 6) is 2.26. The molecule has 0 saturated carbocycles. The molecule has 158 valence electrons. The third-order valence-electron chi connectivity index (χ3n) is 5.49. The van der Waals surface area contributed by atoms with Gasteiger partial charge in [-0.1, -0.05) is 41.6 Å². The largest absolute Gasteiger partial charge is 0.458 e. The van der Waals surface area contributed by atoms with Crippen molar-refractivity contribution in [1.82, 2.24) is 5.16 Å². The average molecular weight is 427 g/mol. The van der Waals surface area contributed by atoms with Crippen molar-refractivity contribution >= 4 is 5.97 Å². The number of rotatable bonds is 4. The van der Waals surface area contributed by atoms with Gasteiger partial charge in [0, 0.05) is 22.8 Å². The maximum absolute atomic E-state index is 13.1. The van der Waals surface area contributed by atoms with Gasteiger partial charge in [-0.05, 0) is 30.3 Å². The van der Waals surface area contributed by atoms with Crippen LogP contribution in [0, 0.1) is 0 Å². The molecule has 3 aromatic carbocycles. The Balaban J connectivity index is 1.22. The lowest BCUT2D eigenvalue weighted by atomic mass is 9.88. The second kappa shape index (κ2) is 7.46. The minimum atomic E-state index is -0.573. The van der Waals surface area contributed by atoms with Crippen molar-refractivity contribution in [2.45, 2.75) is 12.5 Å². The molecule has 4 aromatic rings.